The number of halogens is 1. The van der Waals surface area contributed by atoms with Crippen molar-refractivity contribution in [1.82, 2.24) is 15.5 Å². The second-order valence-corrected chi connectivity index (χ2v) is 5.64. The summed E-state index contributed by atoms with van der Waals surface area (Å²) < 4.78 is 11.6. The van der Waals surface area contributed by atoms with Gasteiger partial charge in [-0.3, -0.25) is 0 Å². The molecule has 0 spiro atoms. The van der Waals surface area contributed by atoms with Crippen molar-refractivity contribution in [3.05, 3.63) is 46.0 Å². The van der Waals surface area contributed by atoms with Crippen LogP contribution in [0.3, 0.4) is 0 Å². The summed E-state index contributed by atoms with van der Waals surface area (Å²) in [5.41, 5.74) is 1.14. The van der Waals surface area contributed by atoms with Gasteiger partial charge in [0.25, 0.3) is 0 Å². The van der Waals surface area contributed by atoms with E-state index in [0.29, 0.717) is 31.2 Å². The van der Waals surface area contributed by atoms with Crippen LogP contribution in [0.1, 0.15) is 24.2 Å². The third-order valence-electron chi connectivity index (χ3n) is 3.10. The molecule has 0 aliphatic heterocycles. The van der Waals surface area contributed by atoms with E-state index in [-0.39, 0.29) is 6.04 Å². The van der Waals surface area contributed by atoms with Crippen LogP contribution in [0, 0.1) is 0 Å². The van der Waals surface area contributed by atoms with E-state index < -0.39 is 0 Å². The maximum Gasteiger partial charge on any atom is 0.228 e. The average Bonchev–Trinajstić information content (AvgIpc) is 2.89. The molecule has 2 aromatic rings. The lowest BCUT2D eigenvalue weighted by Crippen LogP contribution is -2.35. The monoisotopic (exact) mass is 353 g/mol. The first-order chi connectivity index (χ1) is 10.2. The maximum atomic E-state index is 5.33. The lowest BCUT2D eigenvalue weighted by atomic mass is 10.1. The minimum absolute atomic E-state index is 0.191. The van der Waals surface area contributed by atoms with Gasteiger partial charge in [-0.05, 0) is 18.2 Å². The molecular weight excluding hydrogens is 334 g/mol. The Labute approximate surface area is 133 Å². The van der Waals surface area contributed by atoms with Crippen molar-refractivity contribution < 1.29 is 9.26 Å². The SMILES string of the molecule is CCNC(COC)Cc1nc(Cc2ccccc2Br)no1. The Morgan fingerprint density at radius 3 is 2.90 bits per heavy atom. The van der Waals surface area contributed by atoms with Gasteiger partial charge in [0, 0.05) is 30.5 Å². The van der Waals surface area contributed by atoms with E-state index in [4.69, 9.17) is 9.26 Å². The van der Waals surface area contributed by atoms with Crippen molar-refractivity contribution in [1.29, 1.82) is 0 Å². The molecule has 114 valence electrons. The van der Waals surface area contributed by atoms with Crippen molar-refractivity contribution in [3.63, 3.8) is 0 Å². The summed E-state index contributed by atoms with van der Waals surface area (Å²) in [6, 6.07) is 8.24. The highest BCUT2D eigenvalue weighted by molar-refractivity contribution is 9.10. The fourth-order valence-electron chi connectivity index (χ4n) is 2.15. The van der Waals surface area contributed by atoms with Gasteiger partial charge in [0.1, 0.15) is 0 Å². The molecule has 6 heteroatoms. The second kappa shape index (κ2) is 8.26. The maximum absolute atomic E-state index is 5.33. The van der Waals surface area contributed by atoms with E-state index in [9.17, 15) is 0 Å². The molecule has 0 saturated carbocycles. The summed E-state index contributed by atoms with van der Waals surface area (Å²) in [5, 5.41) is 7.39. The molecule has 0 bridgehead atoms. The van der Waals surface area contributed by atoms with Crippen LogP contribution < -0.4 is 5.32 Å². The highest BCUT2D eigenvalue weighted by atomic mass is 79.9. The molecule has 1 N–H and O–H groups in total. The Hall–Kier alpha value is -1.24. The molecule has 0 saturated heterocycles. The fourth-order valence-corrected chi connectivity index (χ4v) is 2.57. The zero-order chi connectivity index (χ0) is 15.1. The van der Waals surface area contributed by atoms with Gasteiger partial charge < -0.3 is 14.6 Å². The third-order valence-corrected chi connectivity index (χ3v) is 3.87. The number of nitrogens with one attached hydrogen (secondary N) is 1. The summed E-state index contributed by atoms with van der Waals surface area (Å²) >= 11 is 3.53. The Morgan fingerprint density at radius 1 is 1.38 bits per heavy atom. The molecule has 0 aliphatic rings. The van der Waals surface area contributed by atoms with Crippen molar-refractivity contribution >= 4 is 15.9 Å². The number of hydrogen-bond acceptors (Lipinski definition) is 5. The van der Waals surface area contributed by atoms with Gasteiger partial charge in [-0.1, -0.05) is 46.2 Å². The first-order valence-corrected chi connectivity index (χ1v) is 7.79. The highest BCUT2D eigenvalue weighted by Crippen LogP contribution is 2.18. The van der Waals surface area contributed by atoms with E-state index in [1.54, 1.807) is 7.11 Å². The number of likely N-dealkylation sites (N-methyl/N-ethyl adjacent to an activating group) is 1. The molecule has 1 atom stereocenters. The van der Waals surface area contributed by atoms with Gasteiger partial charge in [0.15, 0.2) is 5.82 Å². The average molecular weight is 354 g/mol. The van der Waals surface area contributed by atoms with Gasteiger partial charge in [0.05, 0.1) is 6.61 Å². The largest absolute Gasteiger partial charge is 0.383 e. The molecule has 1 aromatic heterocycles. The Morgan fingerprint density at radius 2 is 2.19 bits per heavy atom. The van der Waals surface area contributed by atoms with Gasteiger partial charge in [-0.2, -0.15) is 4.98 Å². The molecule has 0 radical (unpaired) electrons. The van der Waals surface area contributed by atoms with Crippen molar-refractivity contribution in [2.75, 3.05) is 20.3 Å². The summed E-state index contributed by atoms with van der Waals surface area (Å²) in [6.45, 7) is 3.57. The quantitative estimate of drug-likeness (QED) is 0.790. The molecule has 21 heavy (non-hydrogen) atoms. The summed E-state index contributed by atoms with van der Waals surface area (Å²) in [4.78, 5) is 4.46. The van der Waals surface area contributed by atoms with Crippen LogP contribution in [0.5, 0.6) is 0 Å². The Balaban J connectivity index is 1.99. The van der Waals surface area contributed by atoms with Crippen LogP contribution in [0.2, 0.25) is 0 Å². The summed E-state index contributed by atoms with van der Waals surface area (Å²) in [5.74, 6) is 1.34. The van der Waals surface area contributed by atoms with Crippen LogP contribution in [0.25, 0.3) is 0 Å². The minimum atomic E-state index is 0.191. The number of rotatable bonds is 8. The van der Waals surface area contributed by atoms with E-state index in [0.717, 1.165) is 16.6 Å². The Kier molecular flexibility index (Phi) is 6.35. The number of ether oxygens (including phenoxy) is 1. The van der Waals surface area contributed by atoms with Crippen molar-refractivity contribution in [2.24, 2.45) is 0 Å². The Bertz CT molecular complexity index is 553. The normalized spacial score (nSPS) is 12.5. The molecule has 1 unspecified atom stereocenters. The topological polar surface area (TPSA) is 60.2 Å². The van der Waals surface area contributed by atoms with E-state index in [2.05, 4.69) is 38.3 Å². The molecular formula is C15H20BrN3O2. The second-order valence-electron chi connectivity index (χ2n) is 4.79. The van der Waals surface area contributed by atoms with Crippen LogP contribution in [0.15, 0.2) is 33.3 Å². The molecule has 2 rings (SSSR count). The van der Waals surface area contributed by atoms with Gasteiger partial charge in [-0.15, -0.1) is 0 Å². The number of benzene rings is 1. The zero-order valence-electron chi connectivity index (χ0n) is 12.3. The standard InChI is InChI=1S/C15H20BrN3O2/c1-3-17-12(10-20-2)9-15-18-14(19-21-15)8-11-6-4-5-7-13(11)16/h4-7,12,17H,3,8-10H2,1-2H3. The first-order valence-electron chi connectivity index (χ1n) is 7.00. The van der Waals surface area contributed by atoms with Gasteiger partial charge >= 0.3 is 0 Å². The highest BCUT2D eigenvalue weighted by Gasteiger charge is 2.14. The van der Waals surface area contributed by atoms with Crippen LogP contribution in [-0.4, -0.2) is 36.4 Å². The fraction of sp³-hybridized carbons (Fsp3) is 0.467. The van der Waals surface area contributed by atoms with Gasteiger partial charge in [-0.25, -0.2) is 0 Å². The zero-order valence-corrected chi connectivity index (χ0v) is 13.9. The van der Waals surface area contributed by atoms with E-state index >= 15 is 0 Å². The van der Waals surface area contributed by atoms with Crippen LogP contribution >= 0.6 is 15.9 Å². The third kappa shape index (κ3) is 4.91. The van der Waals surface area contributed by atoms with Crippen molar-refractivity contribution in [3.8, 4) is 0 Å². The number of aromatic nitrogens is 2. The summed E-state index contributed by atoms with van der Waals surface area (Å²) in [6.07, 6.45) is 1.33. The van der Waals surface area contributed by atoms with E-state index in [1.807, 2.05) is 24.3 Å². The summed E-state index contributed by atoms with van der Waals surface area (Å²) in [7, 11) is 1.69. The molecule has 0 fully saturated rings. The molecule has 1 heterocycles. The van der Waals surface area contributed by atoms with E-state index in [1.165, 1.54) is 0 Å². The minimum Gasteiger partial charge on any atom is -0.383 e. The van der Waals surface area contributed by atoms with Crippen LogP contribution in [-0.2, 0) is 17.6 Å². The lowest BCUT2D eigenvalue weighted by molar-refractivity contribution is 0.162. The molecule has 5 nitrogen and oxygen atoms in total. The number of nitrogens with zero attached hydrogens (tertiary/aromatic N) is 2. The predicted molar refractivity (Wildman–Crippen MR) is 84.3 cm³/mol. The van der Waals surface area contributed by atoms with Crippen LogP contribution in [0.4, 0.5) is 0 Å². The molecule has 1 aromatic carbocycles. The number of hydrogen-bond donors (Lipinski definition) is 1. The number of methoxy groups -OCH3 is 1. The van der Waals surface area contributed by atoms with Gasteiger partial charge in [0.2, 0.25) is 5.89 Å². The molecule has 0 amide bonds. The molecule has 0 aliphatic carbocycles. The smallest absolute Gasteiger partial charge is 0.228 e. The first kappa shape index (κ1) is 16.1. The predicted octanol–water partition coefficient (Wildman–Crippen LogP) is 2.59. The lowest BCUT2D eigenvalue weighted by Gasteiger charge is -2.14. The van der Waals surface area contributed by atoms with Crippen molar-refractivity contribution in [2.45, 2.75) is 25.8 Å².